The molecule has 0 radical (unpaired) electrons. The number of benzene rings is 2. The lowest BCUT2D eigenvalue weighted by molar-refractivity contribution is 0.0698. The summed E-state index contributed by atoms with van der Waals surface area (Å²) >= 11 is 7.60. The molecule has 1 aromatic heterocycles. The van der Waals surface area contributed by atoms with Crippen LogP contribution in [0.1, 0.15) is 16.1 Å². The predicted molar refractivity (Wildman–Crippen MR) is 108 cm³/mol. The number of amides is 2. The van der Waals surface area contributed by atoms with Gasteiger partial charge in [-0.2, -0.15) is 0 Å². The molecule has 0 unspecified atom stereocenters. The number of pyridine rings is 1. The number of para-hydroxylation sites is 1. The number of hydrogen-bond donors (Lipinski definition) is 2. The molecule has 0 bridgehead atoms. The van der Waals surface area contributed by atoms with E-state index in [2.05, 4.69) is 10.3 Å². The molecule has 29 heavy (non-hydrogen) atoms. The zero-order valence-corrected chi connectivity index (χ0v) is 16.3. The van der Waals surface area contributed by atoms with E-state index in [-0.39, 0.29) is 28.6 Å². The molecule has 2 N–H and O–H groups in total. The van der Waals surface area contributed by atoms with Crippen molar-refractivity contribution in [1.82, 2.24) is 10.3 Å². The highest BCUT2D eigenvalue weighted by Gasteiger charge is 2.31. The molecule has 4 rings (SSSR count). The molecule has 6 nitrogen and oxygen atoms in total. The summed E-state index contributed by atoms with van der Waals surface area (Å²) in [5, 5.41) is 13.0. The number of rotatable bonds is 4. The highest BCUT2D eigenvalue weighted by Crippen LogP contribution is 2.39. The molecule has 3 aromatic rings. The average molecular weight is 430 g/mol. The first-order valence-corrected chi connectivity index (χ1v) is 9.66. The van der Waals surface area contributed by atoms with E-state index in [0.29, 0.717) is 16.4 Å². The Balaban J connectivity index is 1.75. The van der Waals surface area contributed by atoms with Crippen LogP contribution in [0.4, 0.5) is 20.6 Å². The van der Waals surface area contributed by atoms with Gasteiger partial charge < -0.3 is 10.4 Å². The summed E-state index contributed by atoms with van der Waals surface area (Å²) in [6.07, 6.45) is 0. The van der Waals surface area contributed by atoms with E-state index < -0.39 is 12.0 Å². The molecule has 0 fully saturated rings. The molecule has 146 valence electrons. The quantitative estimate of drug-likeness (QED) is 0.604. The minimum atomic E-state index is -1.20. The van der Waals surface area contributed by atoms with E-state index in [4.69, 9.17) is 11.6 Å². The van der Waals surface area contributed by atoms with Gasteiger partial charge in [0.15, 0.2) is 0 Å². The van der Waals surface area contributed by atoms with Crippen molar-refractivity contribution in [3.05, 3.63) is 76.7 Å². The van der Waals surface area contributed by atoms with Gasteiger partial charge in [0, 0.05) is 4.90 Å². The molecular formula is C20H13ClFN3O3S. The Morgan fingerprint density at radius 2 is 1.93 bits per heavy atom. The van der Waals surface area contributed by atoms with Gasteiger partial charge in [-0.15, -0.1) is 0 Å². The Kier molecular flexibility index (Phi) is 5.12. The number of urea groups is 1. The Bertz CT molecular complexity index is 1120. The Labute approximate surface area is 174 Å². The number of anilines is 2. The summed E-state index contributed by atoms with van der Waals surface area (Å²) in [6, 6.07) is 13.4. The number of aromatic carboxylic acids is 1. The fraction of sp³-hybridized carbons (Fsp3) is 0.0500. The SMILES string of the molecule is O=C(O)c1cccc(Cl)c1N1C(=O)NCc2nc(Sc3ccc(F)cc3)ccc21. The van der Waals surface area contributed by atoms with Gasteiger partial charge in [0.05, 0.1) is 34.2 Å². The van der Waals surface area contributed by atoms with Crippen LogP contribution in [-0.4, -0.2) is 22.1 Å². The zero-order valence-electron chi connectivity index (χ0n) is 14.7. The van der Waals surface area contributed by atoms with Crippen LogP contribution >= 0.6 is 23.4 Å². The van der Waals surface area contributed by atoms with E-state index >= 15 is 0 Å². The number of nitrogens with one attached hydrogen (secondary N) is 1. The van der Waals surface area contributed by atoms with E-state index in [9.17, 15) is 19.1 Å². The van der Waals surface area contributed by atoms with Crippen molar-refractivity contribution in [2.24, 2.45) is 0 Å². The lowest BCUT2D eigenvalue weighted by Crippen LogP contribution is -2.42. The maximum Gasteiger partial charge on any atom is 0.337 e. The van der Waals surface area contributed by atoms with Crippen molar-refractivity contribution >= 4 is 46.7 Å². The molecule has 2 heterocycles. The number of carbonyl (C=O) groups excluding carboxylic acids is 1. The first-order chi connectivity index (χ1) is 13.9. The van der Waals surface area contributed by atoms with Crippen LogP contribution in [-0.2, 0) is 6.54 Å². The van der Waals surface area contributed by atoms with Crippen molar-refractivity contribution in [2.45, 2.75) is 16.5 Å². The predicted octanol–water partition coefficient (Wildman–Crippen LogP) is 5.08. The third-order valence-electron chi connectivity index (χ3n) is 4.25. The number of carboxylic acid groups (broad SMARTS) is 1. The third-order valence-corrected chi connectivity index (χ3v) is 5.50. The molecule has 0 aliphatic carbocycles. The third kappa shape index (κ3) is 3.76. The molecular weight excluding hydrogens is 417 g/mol. The first-order valence-electron chi connectivity index (χ1n) is 8.47. The maximum absolute atomic E-state index is 13.1. The van der Waals surface area contributed by atoms with Crippen LogP contribution < -0.4 is 10.2 Å². The van der Waals surface area contributed by atoms with Gasteiger partial charge in [-0.1, -0.05) is 29.4 Å². The number of carbonyl (C=O) groups is 2. The second-order valence-corrected chi connectivity index (χ2v) is 7.61. The maximum atomic E-state index is 13.1. The van der Waals surface area contributed by atoms with Gasteiger partial charge in [0.25, 0.3) is 0 Å². The van der Waals surface area contributed by atoms with Gasteiger partial charge in [0.1, 0.15) is 10.8 Å². The minimum absolute atomic E-state index is 0.0841. The summed E-state index contributed by atoms with van der Waals surface area (Å²) in [5.41, 5.74) is 1.01. The van der Waals surface area contributed by atoms with Crippen molar-refractivity contribution in [3.63, 3.8) is 0 Å². The number of carboxylic acids is 1. The zero-order chi connectivity index (χ0) is 20.5. The summed E-state index contributed by atoms with van der Waals surface area (Å²) in [5.74, 6) is -1.51. The highest BCUT2D eigenvalue weighted by molar-refractivity contribution is 7.99. The van der Waals surface area contributed by atoms with Crippen LogP contribution in [0.15, 0.2) is 64.5 Å². The normalized spacial score (nSPS) is 13.0. The number of aromatic nitrogens is 1. The van der Waals surface area contributed by atoms with Gasteiger partial charge in [-0.3, -0.25) is 4.90 Å². The molecule has 0 saturated heterocycles. The highest BCUT2D eigenvalue weighted by atomic mass is 35.5. The van der Waals surface area contributed by atoms with Gasteiger partial charge in [-0.05, 0) is 48.5 Å². The van der Waals surface area contributed by atoms with Crippen LogP contribution in [0.25, 0.3) is 0 Å². The van der Waals surface area contributed by atoms with E-state index in [1.54, 1.807) is 24.3 Å². The summed E-state index contributed by atoms with van der Waals surface area (Å²) in [4.78, 5) is 30.8. The monoisotopic (exact) mass is 429 g/mol. The fourth-order valence-corrected chi connectivity index (χ4v) is 4.04. The molecule has 1 aliphatic heterocycles. The van der Waals surface area contributed by atoms with E-state index in [0.717, 1.165) is 4.90 Å². The summed E-state index contributed by atoms with van der Waals surface area (Å²) in [7, 11) is 0. The van der Waals surface area contributed by atoms with Gasteiger partial charge >= 0.3 is 12.0 Å². The Morgan fingerprint density at radius 1 is 1.17 bits per heavy atom. The van der Waals surface area contributed by atoms with E-state index in [1.807, 2.05) is 0 Å². The smallest absolute Gasteiger partial charge is 0.337 e. The average Bonchev–Trinajstić information content (AvgIpc) is 2.70. The van der Waals surface area contributed by atoms with Gasteiger partial charge in [0.2, 0.25) is 0 Å². The molecule has 0 spiro atoms. The number of fused-ring (bicyclic) bond motifs is 1. The Hall–Kier alpha value is -3.10. The molecule has 2 amide bonds. The van der Waals surface area contributed by atoms with Crippen molar-refractivity contribution in [1.29, 1.82) is 0 Å². The first kappa shape index (κ1) is 19.2. The molecule has 0 saturated carbocycles. The lowest BCUT2D eigenvalue weighted by Gasteiger charge is -2.31. The lowest BCUT2D eigenvalue weighted by atomic mass is 10.1. The van der Waals surface area contributed by atoms with Crippen LogP contribution in [0, 0.1) is 5.82 Å². The van der Waals surface area contributed by atoms with Crippen LogP contribution in [0.3, 0.4) is 0 Å². The minimum Gasteiger partial charge on any atom is -0.478 e. The summed E-state index contributed by atoms with van der Waals surface area (Å²) in [6.45, 7) is 0.190. The molecule has 1 aliphatic rings. The number of nitrogens with zero attached hydrogens (tertiary/aromatic N) is 2. The van der Waals surface area contributed by atoms with Crippen LogP contribution in [0.2, 0.25) is 5.02 Å². The van der Waals surface area contributed by atoms with Crippen molar-refractivity contribution in [3.8, 4) is 0 Å². The number of halogens is 2. The summed E-state index contributed by atoms with van der Waals surface area (Å²) < 4.78 is 13.1. The number of hydrogen-bond acceptors (Lipinski definition) is 4. The van der Waals surface area contributed by atoms with Crippen molar-refractivity contribution in [2.75, 3.05) is 4.90 Å². The van der Waals surface area contributed by atoms with Crippen LogP contribution in [0.5, 0.6) is 0 Å². The largest absolute Gasteiger partial charge is 0.478 e. The standard InChI is InChI=1S/C20H13ClFN3O3S/c21-14-3-1-2-13(19(26)27)18(14)25-16-8-9-17(24-15(16)10-23-20(25)28)29-12-6-4-11(22)5-7-12/h1-9H,10H2,(H,23,28)(H,26,27). The molecule has 9 heteroatoms. The topological polar surface area (TPSA) is 82.5 Å². The Morgan fingerprint density at radius 3 is 2.66 bits per heavy atom. The second-order valence-electron chi connectivity index (χ2n) is 6.11. The molecule has 0 atom stereocenters. The second kappa shape index (κ2) is 7.73. The van der Waals surface area contributed by atoms with Gasteiger partial charge in [-0.25, -0.2) is 19.0 Å². The molecule has 2 aromatic carbocycles. The van der Waals surface area contributed by atoms with E-state index in [1.165, 1.54) is 47.0 Å². The fourth-order valence-electron chi connectivity index (χ4n) is 2.97. The van der Waals surface area contributed by atoms with Crippen molar-refractivity contribution < 1.29 is 19.1 Å².